The van der Waals surface area contributed by atoms with Crippen molar-refractivity contribution in [2.24, 2.45) is 5.41 Å². The van der Waals surface area contributed by atoms with E-state index in [9.17, 15) is 4.79 Å². The molecule has 1 aromatic carbocycles. The highest BCUT2D eigenvalue weighted by Crippen LogP contribution is 2.46. The molecule has 2 fully saturated rings. The van der Waals surface area contributed by atoms with E-state index in [1.54, 1.807) is 0 Å². The van der Waals surface area contributed by atoms with Gasteiger partial charge in [-0.1, -0.05) is 24.5 Å². The normalized spacial score (nSPS) is 21.4. The third kappa shape index (κ3) is 2.65. The Morgan fingerprint density at radius 3 is 2.45 bits per heavy atom. The third-order valence-corrected chi connectivity index (χ3v) is 5.82. The van der Waals surface area contributed by atoms with Crippen LogP contribution in [0.4, 0.5) is 0 Å². The first-order valence-corrected chi connectivity index (χ1v) is 8.44. The number of aryl methyl sites for hydroxylation is 1. The molecule has 20 heavy (non-hydrogen) atoms. The number of carbonyl (C=O) groups excluding carboxylic acids is 1. The first kappa shape index (κ1) is 14.1. The van der Waals surface area contributed by atoms with Crippen LogP contribution in [0.3, 0.4) is 0 Å². The number of amides is 1. The van der Waals surface area contributed by atoms with Crippen LogP contribution in [0.2, 0.25) is 0 Å². The lowest BCUT2D eigenvalue weighted by molar-refractivity contribution is 0.0586. The van der Waals surface area contributed by atoms with Crippen LogP contribution in [0.15, 0.2) is 22.7 Å². The van der Waals surface area contributed by atoms with Gasteiger partial charge in [-0.05, 0) is 66.1 Å². The van der Waals surface area contributed by atoms with Crippen LogP contribution in [0.5, 0.6) is 0 Å². The van der Waals surface area contributed by atoms with E-state index >= 15 is 0 Å². The molecule has 1 aliphatic heterocycles. The van der Waals surface area contributed by atoms with E-state index in [1.165, 1.54) is 38.5 Å². The average Bonchev–Trinajstić information content (AvgIpc) is 2.90. The van der Waals surface area contributed by atoms with Gasteiger partial charge in [0.05, 0.1) is 5.56 Å². The molecule has 1 amide bonds. The van der Waals surface area contributed by atoms with Crippen molar-refractivity contribution < 1.29 is 4.79 Å². The lowest BCUT2D eigenvalue weighted by atomic mass is 9.77. The molecule has 0 atom stereocenters. The van der Waals surface area contributed by atoms with Gasteiger partial charge in [-0.15, -0.1) is 0 Å². The minimum absolute atomic E-state index is 0.188. The van der Waals surface area contributed by atoms with Gasteiger partial charge in [-0.3, -0.25) is 4.79 Å². The summed E-state index contributed by atoms with van der Waals surface area (Å²) < 4.78 is 0.911. The largest absolute Gasteiger partial charge is 0.339 e. The average molecular weight is 336 g/mol. The second kappa shape index (κ2) is 5.51. The van der Waals surface area contributed by atoms with Gasteiger partial charge < -0.3 is 4.90 Å². The Labute approximate surface area is 129 Å². The lowest BCUT2D eigenvalue weighted by Crippen LogP contribution is -2.42. The summed E-state index contributed by atoms with van der Waals surface area (Å²) in [7, 11) is 0. The number of nitrogens with zero attached hydrogens (tertiary/aromatic N) is 1. The van der Waals surface area contributed by atoms with Crippen molar-refractivity contribution in [3.05, 3.63) is 33.8 Å². The Morgan fingerprint density at radius 1 is 1.15 bits per heavy atom. The second-order valence-electron chi connectivity index (χ2n) is 6.48. The van der Waals surface area contributed by atoms with E-state index < -0.39 is 0 Å². The first-order valence-electron chi connectivity index (χ1n) is 7.65. The van der Waals surface area contributed by atoms with Crippen LogP contribution in [-0.4, -0.2) is 23.9 Å². The second-order valence-corrected chi connectivity index (χ2v) is 7.34. The van der Waals surface area contributed by atoms with Crippen LogP contribution in [-0.2, 0) is 0 Å². The Kier molecular flexibility index (Phi) is 3.89. The van der Waals surface area contributed by atoms with Gasteiger partial charge in [0.2, 0.25) is 0 Å². The summed E-state index contributed by atoms with van der Waals surface area (Å²) in [6, 6.07) is 6.00. The van der Waals surface area contributed by atoms with Crippen molar-refractivity contribution in [1.29, 1.82) is 0 Å². The number of hydrogen-bond donors (Lipinski definition) is 0. The molecule has 0 N–H and O–H groups in total. The molecule has 0 aromatic heterocycles. The maximum atomic E-state index is 12.7. The monoisotopic (exact) mass is 335 g/mol. The molecular formula is C17H22BrNO. The number of likely N-dealkylation sites (tertiary alicyclic amines) is 1. The summed E-state index contributed by atoms with van der Waals surface area (Å²) in [5.41, 5.74) is 2.52. The summed E-state index contributed by atoms with van der Waals surface area (Å²) >= 11 is 3.51. The molecule has 1 heterocycles. The van der Waals surface area contributed by atoms with E-state index in [1.807, 2.05) is 30.0 Å². The molecule has 0 unspecified atom stereocenters. The molecule has 3 heteroatoms. The molecule has 3 rings (SSSR count). The summed E-state index contributed by atoms with van der Waals surface area (Å²) in [6.45, 7) is 3.89. The number of piperidine rings is 1. The smallest absolute Gasteiger partial charge is 0.255 e. The highest BCUT2D eigenvalue weighted by Gasteiger charge is 2.38. The number of hydrogen-bond acceptors (Lipinski definition) is 1. The molecule has 1 aromatic rings. The molecule has 108 valence electrons. The fourth-order valence-corrected chi connectivity index (χ4v) is 4.20. The predicted octanol–water partition coefficient (Wildman–Crippen LogP) is 4.55. The molecule has 1 saturated heterocycles. The highest BCUT2D eigenvalue weighted by atomic mass is 79.9. The lowest BCUT2D eigenvalue weighted by Gasteiger charge is -2.39. The minimum Gasteiger partial charge on any atom is -0.339 e. The summed E-state index contributed by atoms with van der Waals surface area (Å²) in [5, 5.41) is 0. The zero-order valence-corrected chi connectivity index (χ0v) is 13.7. The molecule has 0 radical (unpaired) electrons. The van der Waals surface area contributed by atoms with Crippen LogP contribution in [0.1, 0.15) is 54.4 Å². The summed E-state index contributed by atoms with van der Waals surface area (Å²) in [6.07, 6.45) is 7.92. The van der Waals surface area contributed by atoms with Crippen molar-refractivity contribution in [3.63, 3.8) is 0 Å². The molecule has 1 spiro atoms. The van der Waals surface area contributed by atoms with Crippen molar-refractivity contribution >= 4 is 21.8 Å². The maximum Gasteiger partial charge on any atom is 0.255 e. The number of rotatable bonds is 1. The predicted molar refractivity (Wildman–Crippen MR) is 84.9 cm³/mol. The highest BCUT2D eigenvalue weighted by molar-refractivity contribution is 9.10. The minimum atomic E-state index is 0.188. The number of carbonyl (C=O) groups is 1. The molecule has 0 bridgehead atoms. The topological polar surface area (TPSA) is 20.3 Å². The fourth-order valence-electron chi connectivity index (χ4n) is 3.78. The Balaban J connectivity index is 1.71. The van der Waals surface area contributed by atoms with Gasteiger partial charge >= 0.3 is 0 Å². The van der Waals surface area contributed by atoms with E-state index in [0.717, 1.165) is 28.7 Å². The van der Waals surface area contributed by atoms with Crippen molar-refractivity contribution in [2.45, 2.75) is 45.4 Å². The zero-order chi connectivity index (χ0) is 14.2. The van der Waals surface area contributed by atoms with Crippen LogP contribution < -0.4 is 0 Å². The molecule has 1 saturated carbocycles. The standard InChI is InChI=1S/C17H22BrNO/c1-13-4-5-15(18)14(12-13)16(20)19-10-8-17(9-11-19)6-2-3-7-17/h4-5,12H,2-3,6-11H2,1H3. The fraction of sp³-hybridized carbons (Fsp3) is 0.588. The van der Waals surface area contributed by atoms with Crippen molar-refractivity contribution in [3.8, 4) is 0 Å². The van der Waals surface area contributed by atoms with Gasteiger partial charge in [-0.25, -0.2) is 0 Å². The Hall–Kier alpha value is -0.830. The zero-order valence-electron chi connectivity index (χ0n) is 12.1. The van der Waals surface area contributed by atoms with E-state index in [2.05, 4.69) is 15.9 Å². The SMILES string of the molecule is Cc1ccc(Br)c(C(=O)N2CCC3(CCCC3)CC2)c1. The molecule has 2 aliphatic rings. The number of halogens is 1. The van der Waals surface area contributed by atoms with Gasteiger partial charge in [0.25, 0.3) is 5.91 Å². The van der Waals surface area contributed by atoms with E-state index in [4.69, 9.17) is 0 Å². The Morgan fingerprint density at radius 2 is 1.80 bits per heavy atom. The molecular weight excluding hydrogens is 314 g/mol. The summed E-state index contributed by atoms with van der Waals surface area (Å²) in [4.78, 5) is 14.7. The molecule has 2 nitrogen and oxygen atoms in total. The van der Waals surface area contributed by atoms with Gasteiger partial charge in [-0.2, -0.15) is 0 Å². The Bertz CT molecular complexity index is 510. The van der Waals surface area contributed by atoms with E-state index in [-0.39, 0.29) is 5.91 Å². The van der Waals surface area contributed by atoms with Crippen molar-refractivity contribution in [2.75, 3.05) is 13.1 Å². The van der Waals surface area contributed by atoms with Gasteiger partial charge in [0, 0.05) is 17.6 Å². The third-order valence-electron chi connectivity index (χ3n) is 5.13. The van der Waals surface area contributed by atoms with E-state index in [0.29, 0.717) is 5.41 Å². The van der Waals surface area contributed by atoms with Gasteiger partial charge in [0.1, 0.15) is 0 Å². The van der Waals surface area contributed by atoms with Gasteiger partial charge in [0.15, 0.2) is 0 Å². The molecule has 1 aliphatic carbocycles. The van der Waals surface area contributed by atoms with Crippen LogP contribution >= 0.6 is 15.9 Å². The quantitative estimate of drug-likeness (QED) is 0.736. The first-order chi connectivity index (χ1) is 9.60. The van der Waals surface area contributed by atoms with Crippen molar-refractivity contribution in [1.82, 2.24) is 4.90 Å². The maximum absolute atomic E-state index is 12.7. The van der Waals surface area contributed by atoms with Crippen LogP contribution in [0.25, 0.3) is 0 Å². The number of benzene rings is 1. The van der Waals surface area contributed by atoms with Crippen LogP contribution in [0, 0.1) is 12.3 Å². The summed E-state index contributed by atoms with van der Waals surface area (Å²) in [5.74, 6) is 0.188.